The van der Waals surface area contributed by atoms with Gasteiger partial charge in [0.25, 0.3) is 5.91 Å². The lowest BCUT2D eigenvalue weighted by Crippen LogP contribution is -2.49. The fourth-order valence-electron chi connectivity index (χ4n) is 3.35. The van der Waals surface area contributed by atoms with E-state index in [9.17, 15) is 18.4 Å². The van der Waals surface area contributed by atoms with Crippen LogP contribution < -0.4 is 19.1 Å². The summed E-state index contributed by atoms with van der Waals surface area (Å²) in [6.07, 6.45) is 0. The number of ether oxygens (including phenoxy) is 4. The molecule has 32 heavy (non-hydrogen) atoms. The van der Waals surface area contributed by atoms with Crippen molar-refractivity contribution in [2.24, 2.45) is 0 Å². The molecule has 1 saturated heterocycles. The Labute approximate surface area is 184 Å². The molecule has 0 N–H and O–H groups in total. The van der Waals surface area contributed by atoms with Crippen molar-refractivity contribution in [2.45, 2.75) is 6.61 Å². The molecule has 1 amide bonds. The van der Waals surface area contributed by atoms with Gasteiger partial charge >= 0.3 is 12.6 Å². The van der Waals surface area contributed by atoms with Crippen molar-refractivity contribution >= 4 is 17.6 Å². The molecule has 2 aromatic rings. The van der Waals surface area contributed by atoms with Gasteiger partial charge in [-0.2, -0.15) is 8.78 Å². The summed E-state index contributed by atoms with van der Waals surface area (Å²) < 4.78 is 45.1. The van der Waals surface area contributed by atoms with E-state index in [1.165, 1.54) is 25.3 Å². The van der Waals surface area contributed by atoms with Crippen LogP contribution in [0.2, 0.25) is 0 Å². The van der Waals surface area contributed by atoms with Crippen molar-refractivity contribution in [1.29, 1.82) is 0 Å². The Morgan fingerprint density at radius 3 is 2.25 bits per heavy atom. The summed E-state index contributed by atoms with van der Waals surface area (Å²) in [4.78, 5) is 28.6. The standard InChI is InChI=1S/C22H24F2N2O6/c1-29-16-8-6-15(7-9-16)25-10-12-26(13-11-25)19(27)14-31-21(28)17-4-3-5-18(30-2)20(17)32-22(23)24/h3-9,22H,10-14H2,1-2H3. The van der Waals surface area contributed by atoms with Gasteiger partial charge in [-0.05, 0) is 36.4 Å². The molecule has 1 aliphatic rings. The smallest absolute Gasteiger partial charge is 0.387 e. The first kappa shape index (κ1) is 23.1. The van der Waals surface area contributed by atoms with Crippen molar-refractivity contribution in [3.8, 4) is 17.2 Å². The third-order valence-electron chi connectivity index (χ3n) is 5.02. The molecule has 1 heterocycles. The summed E-state index contributed by atoms with van der Waals surface area (Å²) in [6, 6.07) is 11.7. The van der Waals surface area contributed by atoms with Crippen LogP contribution in [-0.4, -0.2) is 70.4 Å². The largest absolute Gasteiger partial charge is 0.497 e. The zero-order valence-electron chi connectivity index (χ0n) is 17.8. The van der Waals surface area contributed by atoms with E-state index in [2.05, 4.69) is 9.64 Å². The van der Waals surface area contributed by atoms with E-state index in [1.807, 2.05) is 24.3 Å². The van der Waals surface area contributed by atoms with Crippen LogP contribution in [0.4, 0.5) is 14.5 Å². The fraction of sp³-hybridized carbons (Fsp3) is 0.364. The van der Waals surface area contributed by atoms with Gasteiger partial charge in [0.2, 0.25) is 0 Å². The highest BCUT2D eigenvalue weighted by Crippen LogP contribution is 2.33. The maximum atomic E-state index is 12.7. The summed E-state index contributed by atoms with van der Waals surface area (Å²) in [5.74, 6) is -1.03. The fourth-order valence-corrected chi connectivity index (χ4v) is 3.35. The molecule has 1 aliphatic heterocycles. The Morgan fingerprint density at radius 2 is 1.66 bits per heavy atom. The Balaban J connectivity index is 1.54. The van der Waals surface area contributed by atoms with Gasteiger partial charge in [-0.25, -0.2) is 4.79 Å². The number of benzene rings is 2. The molecule has 8 nitrogen and oxygen atoms in total. The number of rotatable bonds is 8. The number of carbonyl (C=O) groups is 2. The molecule has 0 unspecified atom stereocenters. The van der Waals surface area contributed by atoms with Crippen LogP contribution in [0.5, 0.6) is 17.2 Å². The van der Waals surface area contributed by atoms with Crippen molar-refractivity contribution in [3.63, 3.8) is 0 Å². The topological polar surface area (TPSA) is 77.5 Å². The zero-order chi connectivity index (χ0) is 23.1. The number of hydrogen-bond acceptors (Lipinski definition) is 7. The number of amides is 1. The van der Waals surface area contributed by atoms with Gasteiger partial charge in [-0.1, -0.05) is 6.07 Å². The number of halogens is 2. The van der Waals surface area contributed by atoms with Crippen LogP contribution in [0.3, 0.4) is 0 Å². The second kappa shape index (κ2) is 10.7. The number of anilines is 1. The summed E-state index contributed by atoms with van der Waals surface area (Å²) in [7, 11) is 2.87. The van der Waals surface area contributed by atoms with Crippen LogP contribution in [0, 0.1) is 0 Å². The van der Waals surface area contributed by atoms with Gasteiger partial charge in [0.1, 0.15) is 11.3 Å². The molecular formula is C22H24F2N2O6. The molecule has 2 aromatic carbocycles. The van der Waals surface area contributed by atoms with Crippen molar-refractivity contribution in [1.82, 2.24) is 4.90 Å². The summed E-state index contributed by atoms with van der Waals surface area (Å²) >= 11 is 0. The van der Waals surface area contributed by atoms with Crippen molar-refractivity contribution in [2.75, 3.05) is 51.9 Å². The van der Waals surface area contributed by atoms with Crippen LogP contribution in [0.1, 0.15) is 10.4 Å². The van der Waals surface area contributed by atoms with Gasteiger partial charge in [0, 0.05) is 31.9 Å². The number of carbonyl (C=O) groups excluding carboxylic acids is 2. The van der Waals surface area contributed by atoms with E-state index in [-0.39, 0.29) is 17.2 Å². The first-order valence-electron chi connectivity index (χ1n) is 9.88. The highest BCUT2D eigenvalue weighted by molar-refractivity contribution is 5.95. The van der Waals surface area contributed by atoms with Gasteiger partial charge in [-0.3, -0.25) is 4.79 Å². The molecule has 10 heteroatoms. The third-order valence-corrected chi connectivity index (χ3v) is 5.02. The summed E-state index contributed by atoms with van der Waals surface area (Å²) in [6.45, 7) is -1.50. The molecule has 0 bridgehead atoms. The lowest BCUT2D eigenvalue weighted by Gasteiger charge is -2.36. The highest BCUT2D eigenvalue weighted by atomic mass is 19.3. The number of para-hydroxylation sites is 1. The second-order valence-electron chi connectivity index (χ2n) is 6.86. The Kier molecular flexibility index (Phi) is 7.69. The molecule has 172 valence electrons. The Hall–Kier alpha value is -3.56. The normalized spacial score (nSPS) is 13.7. The Bertz CT molecular complexity index is 931. The van der Waals surface area contributed by atoms with Gasteiger partial charge < -0.3 is 28.7 Å². The van der Waals surface area contributed by atoms with E-state index in [4.69, 9.17) is 14.2 Å². The van der Waals surface area contributed by atoms with E-state index in [0.29, 0.717) is 26.2 Å². The second-order valence-corrected chi connectivity index (χ2v) is 6.86. The van der Waals surface area contributed by atoms with Gasteiger partial charge in [-0.15, -0.1) is 0 Å². The SMILES string of the molecule is COc1ccc(N2CCN(C(=O)COC(=O)c3cccc(OC)c3OC(F)F)CC2)cc1. The molecule has 0 aliphatic carbocycles. The summed E-state index contributed by atoms with van der Waals surface area (Å²) in [5.41, 5.74) is 0.774. The zero-order valence-corrected chi connectivity index (χ0v) is 17.8. The molecule has 0 aromatic heterocycles. The monoisotopic (exact) mass is 450 g/mol. The summed E-state index contributed by atoms with van der Waals surface area (Å²) in [5, 5.41) is 0. The average molecular weight is 450 g/mol. The van der Waals surface area contributed by atoms with Gasteiger partial charge in [0.05, 0.1) is 14.2 Å². The number of hydrogen-bond donors (Lipinski definition) is 0. The minimum Gasteiger partial charge on any atom is -0.497 e. The molecule has 0 spiro atoms. The number of piperazine rings is 1. The number of nitrogens with zero attached hydrogens (tertiary/aromatic N) is 2. The number of alkyl halides is 2. The average Bonchev–Trinajstić information content (AvgIpc) is 2.82. The van der Waals surface area contributed by atoms with Crippen LogP contribution in [-0.2, 0) is 9.53 Å². The molecule has 0 atom stereocenters. The van der Waals surface area contributed by atoms with Crippen LogP contribution in [0.25, 0.3) is 0 Å². The van der Waals surface area contributed by atoms with Crippen molar-refractivity contribution < 1.29 is 37.3 Å². The number of esters is 1. The van der Waals surface area contributed by atoms with E-state index < -0.39 is 24.9 Å². The minimum absolute atomic E-state index is 0.0410. The predicted molar refractivity (Wildman–Crippen MR) is 112 cm³/mol. The predicted octanol–water partition coefficient (Wildman–Crippen LogP) is 2.81. The lowest BCUT2D eigenvalue weighted by atomic mass is 10.2. The minimum atomic E-state index is -3.15. The maximum Gasteiger partial charge on any atom is 0.387 e. The molecule has 0 saturated carbocycles. The first-order chi connectivity index (χ1) is 15.4. The highest BCUT2D eigenvalue weighted by Gasteiger charge is 2.25. The first-order valence-corrected chi connectivity index (χ1v) is 9.88. The van der Waals surface area contributed by atoms with E-state index >= 15 is 0 Å². The third kappa shape index (κ3) is 5.57. The van der Waals surface area contributed by atoms with Crippen LogP contribution >= 0.6 is 0 Å². The number of methoxy groups -OCH3 is 2. The molecule has 0 radical (unpaired) electrons. The van der Waals surface area contributed by atoms with Crippen molar-refractivity contribution in [3.05, 3.63) is 48.0 Å². The molecular weight excluding hydrogens is 426 g/mol. The van der Waals surface area contributed by atoms with E-state index in [0.717, 1.165) is 11.4 Å². The van der Waals surface area contributed by atoms with Crippen LogP contribution in [0.15, 0.2) is 42.5 Å². The quantitative estimate of drug-likeness (QED) is 0.573. The van der Waals surface area contributed by atoms with Gasteiger partial charge in [0.15, 0.2) is 18.1 Å². The molecule has 1 fully saturated rings. The maximum absolute atomic E-state index is 12.7. The molecule has 3 rings (SSSR count). The lowest BCUT2D eigenvalue weighted by molar-refractivity contribution is -0.134. The van der Waals surface area contributed by atoms with E-state index in [1.54, 1.807) is 12.0 Å². The Morgan fingerprint density at radius 1 is 0.969 bits per heavy atom.